The molecule has 0 aliphatic carbocycles. The second-order valence-corrected chi connectivity index (χ2v) is 7.51. The zero-order chi connectivity index (χ0) is 22.0. The van der Waals surface area contributed by atoms with Crippen molar-refractivity contribution in [2.75, 3.05) is 19.0 Å². The fourth-order valence-corrected chi connectivity index (χ4v) is 3.81. The highest BCUT2D eigenvalue weighted by Crippen LogP contribution is 2.30. The quantitative estimate of drug-likeness (QED) is 0.635. The molecule has 2 amide bonds. The van der Waals surface area contributed by atoms with Crippen LogP contribution >= 0.6 is 0 Å². The van der Waals surface area contributed by atoms with Gasteiger partial charge in [-0.2, -0.15) is 0 Å². The van der Waals surface area contributed by atoms with E-state index in [0.717, 1.165) is 28.5 Å². The number of carbonyl (C=O) groups excluding carboxylic acids is 2. The summed E-state index contributed by atoms with van der Waals surface area (Å²) in [7, 11) is 1.35. The van der Waals surface area contributed by atoms with Gasteiger partial charge in [0.2, 0.25) is 0 Å². The van der Waals surface area contributed by atoms with E-state index < -0.39 is 11.7 Å². The Morgan fingerprint density at radius 2 is 1.94 bits per heavy atom. The molecule has 4 rings (SSSR count). The maximum Gasteiger partial charge on any atom is 0.322 e. The molecule has 31 heavy (non-hydrogen) atoms. The first-order chi connectivity index (χ1) is 15.0. The molecule has 1 aromatic heterocycles. The lowest BCUT2D eigenvalue weighted by Crippen LogP contribution is -2.43. The number of nitrogens with zero attached hydrogens (tertiary/aromatic N) is 2. The molecule has 0 radical (unpaired) electrons. The molecule has 2 aromatic carbocycles. The summed E-state index contributed by atoms with van der Waals surface area (Å²) < 4.78 is 18.5. The summed E-state index contributed by atoms with van der Waals surface area (Å²) in [6.45, 7) is 2.50. The highest BCUT2D eigenvalue weighted by molar-refractivity contribution is 5.92. The standard InChI is InChI=1S/C24H22FN3O3/c1-15-7-8-16(18-9-19(25)12-26-11-18)10-22(15)27-24(30)28-13-17-5-3-4-6-20(17)21(14-28)23(29)31-2/h3-12,21H,13-14H2,1-2H3,(H,27,30). The lowest BCUT2D eigenvalue weighted by molar-refractivity contribution is -0.143. The molecular weight excluding hydrogens is 397 g/mol. The highest BCUT2D eigenvalue weighted by Gasteiger charge is 2.33. The Morgan fingerprint density at radius 3 is 2.71 bits per heavy atom. The van der Waals surface area contributed by atoms with Crippen LogP contribution in [0, 0.1) is 12.7 Å². The van der Waals surface area contributed by atoms with Gasteiger partial charge >= 0.3 is 12.0 Å². The molecule has 2 heterocycles. The van der Waals surface area contributed by atoms with Crippen LogP contribution in [0.1, 0.15) is 22.6 Å². The number of halogens is 1. The molecule has 0 bridgehead atoms. The van der Waals surface area contributed by atoms with E-state index in [0.29, 0.717) is 17.8 Å². The van der Waals surface area contributed by atoms with Crippen LogP contribution in [-0.4, -0.2) is 35.5 Å². The van der Waals surface area contributed by atoms with Gasteiger partial charge in [0, 0.05) is 30.5 Å². The Morgan fingerprint density at radius 1 is 1.13 bits per heavy atom. The minimum Gasteiger partial charge on any atom is -0.468 e. The maximum absolute atomic E-state index is 13.6. The van der Waals surface area contributed by atoms with E-state index in [4.69, 9.17) is 4.74 Å². The van der Waals surface area contributed by atoms with Gasteiger partial charge < -0.3 is 15.0 Å². The second-order valence-electron chi connectivity index (χ2n) is 7.51. The Labute approximate surface area is 179 Å². The summed E-state index contributed by atoms with van der Waals surface area (Å²) in [5.41, 5.74) is 4.63. The van der Waals surface area contributed by atoms with E-state index in [9.17, 15) is 14.0 Å². The number of amides is 2. The molecule has 1 aliphatic rings. The lowest BCUT2D eigenvalue weighted by Gasteiger charge is -2.33. The Balaban J connectivity index is 1.58. The Bertz CT molecular complexity index is 1150. The fourth-order valence-electron chi connectivity index (χ4n) is 3.81. The van der Waals surface area contributed by atoms with Crippen molar-refractivity contribution in [3.63, 3.8) is 0 Å². The van der Waals surface area contributed by atoms with Gasteiger partial charge in [-0.1, -0.05) is 36.4 Å². The molecule has 0 spiro atoms. The number of methoxy groups -OCH3 is 1. The molecule has 1 N–H and O–H groups in total. The van der Waals surface area contributed by atoms with Crippen LogP contribution in [0.25, 0.3) is 11.1 Å². The monoisotopic (exact) mass is 419 g/mol. The van der Waals surface area contributed by atoms with E-state index in [-0.39, 0.29) is 18.5 Å². The van der Waals surface area contributed by atoms with Crippen molar-refractivity contribution in [1.29, 1.82) is 0 Å². The zero-order valence-electron chi connectivity index (χ0n) is 17.3. The highest BCUT2D eigenvalue weighted by atomic mass is 19.1. The van der Waals surface area contributed by atoms with E-state index in [2.05, 4.69) is 10.3 Å². The summed E-state index contributed by atoms with van der Waals surface area (Å²) in [4.78, 5) is 30.9. The smallest absolute Gasteiger partial charge is 0.322 e. The molecule has 0 saturated carbocycles. The molecule has 7 heteroatoms. The normalized spacial score (nSPS) is 15.2. The van der Waals surface area contributed by atoms with Crippen LogP contribution in [0.2, 0.25) is 0 Å². The average molecular weight is 419 g/mol. The van der Waals surface area contributed by atoms with Crippen molar-refractivity contribution in [1.82, 2.24) is 9.88 Å². The predicted molar refractivity (Wildman–Crippen MR) is 115 cm³/mol. The van der Waals surface area contributed by atoms with Crippen LogP contribution in [0.5, 0.6) is 0 Å². The van der Waals surface area contributed by atoms with Gasteiger partial charge in [0.25, 0.3) is 0 Å². The number of aryl methyl sites for hydroxylation is 1. The number of aromatic nitrogens is 1. The van der Waals surface area contributed by atoms with Gasteiger partial charge in [-0.3, -0.25) is 9.78 Å². The number of carbonyl (C=O) groups is 2. The first kappa shape index (κ1) is 20.5. The third-order valence-electron chi connectivity index (χ3n) is 5.48. The molecular formula is C24H22FN3O3. The molecule has 1 atom stereocenters. The van der Waals surface area contributed by atoms with Gasteiger partial charge in [0.1, 0.15) is 5.82 Å². The number of hydrogen-bond donors (Lipinski definition) is 1. The van der Waals surface area contributed by atoms with Crippen LogP contribution in [-0.2, 0) is 16.1 Å². The lowest BCUT2D eigenvalue weighted by atomic mass is 9.90. The molecule has 1 aliphatic heterocycles. The van der Waals surface area contributed by atoms with Crippen LogP contribution in [0.4, 0.5) is 14.9 Å². The Kier molecular flexibility index (Phi) is 5.66. The van der Waals surface area contributed by atoms with Crippen molar-refractivity contribution in [3.05, 3.63) is 83.4 Å². The number of esters is 1. The maximum atomic E-state index is 13.6. The molecule has 158 valence electrons. The summed E-state index contributed by atoms with van der Waals surface area (Å²) in [5, 5.41) is 2.93. The fraction of sp³-hybridized carbons (Fsp3) is 0.208. The molecule has 6 nitrogen and oxygen atoms in total. The van der Waals surface area contributed by atoms with Gasteiger partial charge in [0.15, 0.2) is 0 Å². The van der Waals surface area contributed by atoms with Gasteiger partial charge in [-0.25, -0.2) is 9.18 Å². The first-order valence-corrected chi connectivity index (χ1v) is 9.89. The number of benzene rings is 2. The van der Waals surface area contributed by atoms with E-state index in [1.54, 1.807) is 17.2 Å². The van der Waals surface area contributed by atoms with Gasteiger partial charge in [0.05, 0.1) is 19.2 Å². The number of urea groups is 1. The number of fused-ring (bicyclic) bond motifs is 1. The number of rotatable bonds is 3. The van der Waals surface area contributed by atoms with E-state index >= 15 is 0 Å². The number of nitrogens with one attached hydrogen (secondary N) is 1. The third-order valence-corrected chi connectivity index (χ3v) is 5.48. The summed E-state index contributed by atoms with van der Waals surface area (Å²) in [6.07, 6.45) is 2.72. The van der Waals surface area contributed by atoms with Crippen molar-refractivity contribution in [3.8, 4) is 11.1 Å². The van der Waals surface area contributed by atoms with Gasteiger partial charge in [-0.05, 0) is 41.3 Å². The minimum atomic E-state index is -0.536. The number of ether oxygens (including phenoxy) is 1. The topological polar surface area (TPSA) is 71.5 Å². The van der Waals surface area contributed by atoms with Crippen molar-refractivity contribution in [2.24, 2.45) is 0 Å². The SMILES string of the molecule is COC(=O)C1CN(C(=O)Nc2cc(-c3cncc(F)c3)ccc2C)Cc2ccccc21. The molecule has 0 fully saturated rings. The molecule has 0 saturated heterocycles. The van der Waals surface area contributed by atoms with Crippen LogP contribution in [0.15, 0.2) is 60.9 Å². The van der Waals surface area contributed by atoms with Crippen molar-refractivity contribution in [2.45, 2.75) is 19.4 Å². The second kappa shape index (κ2) is 8.55. The minimum absolute atomic E-state index is 0.224. The van der Waals surface area contributed by atoms with Gasteiger partial charge in [-0.15, -0.1) is 0 Å². The average Bonchev–Trinajstić information content (AvgIpc) is 2.79. The largest absolute Gasteiger partial charge is 0.468 e. The Hall–Kier alpha value is -3.74. The first-order valence-electron chi connectivity index (χ1n) is 9.89. The molecule has 1 unspecified atom stereocenters. The number of anilines is 1. The summed E-state index contributed by atoms with van der Waals surface area (Å²) in [6, 6.07) is 14.1. The van der Waals surface area contributed by atoms with E-state index in [1.807, 2.05) is 43.3 Å². The summed E-state index contributed by atoms with van der Waals surface area (Å²) >= 11 is 0. The van der Waals surface area contributed by atoms with E-state index in [1.165, 1.54) is 13.2 Å². The van der Waals surface area contributed by atoms with Crippen molar-refractivity contribution >= 4 is 17.7 Å². The van der Waals surface area contributed by atoms with Crippen LogP contribution < -0.4 is 5.32 Å². The van der Waals surface area contributed by atoms with Crippen LogP contribution in [0.3, 0.4) is 0 Å². The number of hydrogen-bond acceptors (Lipinski definition) is 4. The third kappa shape index (κ3) is 4.26. The molecule has 3 aromatic rings. The summed E-state index contributed by atoms with van der Waals surface area (Å²) in [5.74, 6) is -1.34. The van der Waals surface area contributed by atoms with Crippen molar-refractivity contribution < 1.29 is 18.7 Å². The number of pyridine rings is 1. The predicted octanol–water partition coefficient (Wildman–Crippen LogP) is 4.50. The zero-order valence-corrected chi connectivity index (χ0v) is 17.3.